The van der Waals surface area contributed by atoms with Gasteiger partial charge in [0.2, 0.25) is 5.91 Å². The smallest absolute Gasteiger partial charge is 0.240 e. The molecule has 0 saturated heterocycles. The summed E-state index contributed by atoms with van der Waals surface area (Å²) >= 11 is 0. The van der Waals surface area contributed by atoms with Crippen LogP contribution in [-0.4, -0.2) is 72.4 Å². The third-order valence-corrected chi connectivity index (χ3v) is 7.60. The van der Waals surface area contributed by atoms with Gasteiger partial charge in [0.05, 0.1) is 12.1 Å². The van der Waals surface area contributed by atoms with Gasteiger partial charge < -0.3 is 30.6 Å². The lowest BCUT2D eigenvalue weighted by Gasteiger charge is -2.24. The minimum Gasteiger partial charge on any atom is -0.375 e. The molecule has 1 aromatic heterocycles. The number of amides is 1. The summed E-state index contributed by atoms with van der Waals surface area (Å²) in [4.78, 5) is 26.9. The van der Waals surface area contributed by atoms with E-state index < -0.39 is 12.1 Å². The number of aryl methyl sites for hydroxylation is 1. The predicted molar refractivity (Wildman–Crippen MR) is 143 cm³/mol. The highest BCUT2D eigenvalue weighted by Gasteiger charge is 2.18. The van der Waals surface area contributed by atoms with Crippen LogP contribution in [0.5, 0.6) is 0 Å². The van der Waals surface area contributed by atoms with Gasteiger partial charge in [-0.05, 0) is 35.7 Å². The fraction of sp³-hybridized carbons (Fsp3) is 0.417. The van der Waals surface area contributed by atoms with Crippen LogP contribution in [0.15, 0.2) is 42.7 Å². The van der Waals surface area contributed by atoms with Crippen molar-refractivity contribution in [1.29, 1.82) is 0 Å². The van der Waals surface area contributed by atoms with E-state index in [2.05, 4.69) is 60.6 Å². The minimum atomic E-state index is -0.561. The van der Waals surface area contributed by atoms with Crippen LogP contribution >= 0.6 is 21.6 Å². The van der Waals surface area contributed by atoms with E-state index in [0.29, 0.717) is 18.1 Å². The molecule has 1 heterocycles. The van der Waals surface area contributed by atoms with Crippen LogP contribution < -0.4 is 16.4 Å². The highest BCUT2D eigenvalue weighted by atomic mass is 33.1. The molecule has 2 rings (SSSR count). The topological polar surface area (TPSA) is 97.6 Å². The first-order valence-corrected chi connectivity index (χ1v) is 13.4. The molecular formula is C24H35N5O2S2. The Morgan fingerprint density at radius 3 is 2.33 bits per heavy atom. The van der Waals surface area contributed by atoms with E-state index in [4.69, 9.17) is 11.5 Å². The average molecular weight is 490 g/mol. The maximum absolute atomic E-state index is 12.5. The number of benzene rings is 1. The monoisotopic (exact) mass is 489 g/mol. The Bertz CT molecular complexity index is 901. The number of hydrogen-bond acceptors (Lipinski definition) is 7. The third kappa shape index (κ3) is 9.67. The number of carbonyl (C=O) groups is 2. The van der Waals surface area contributed by atoms with E-state index in [9.17, 15) is 9.59 Å². The summed E-state index contributed by atoms with van der Waals surface area (Å²) in [6, 6.07) is 9.48. The molecular weight excluding hydrogens is 454 g/mol. The summed E-state index contributed by atoms with van der Waals surface area (Å²) in [5.74, 6) is 0.936. The fourth-order valence-electron chi connectivity index (χ4n) is 3.08. The Balaban J connectivity index is 1.70. The Labute approximate surface area is 204 Å². The SMILES string of the molecule is CN(CCCN(C)c1ccc(/C=C/c2ccn(C)c2)cc1)C(=O)C(N)CSSCC(N)C=O. The number of hydrogen-bond donors (Lipinski definition) is 2. The fourth-order valence-corrected chi connectivity index (χ4v) is 5.29. The van der Waals surface area contributed by atoms with E-state index in [1.807, 2.05) is 17.8 Å². The molecule has 2 unspecified atom stereocenters. The lowest BCUT2D eigenvalue weighted by atomic mass is 10.1. The molecule has 0 bridgehead atoms. The molecule has 1 aromatic carbocycles. The zero-order valence-corrected chi connectivity index (χ0v) is 21.2. The van der Waals surface area contributed by atoms with Crippen molar-refractivity contribution in [3.05, 3.63) is 53.9 Å². The van der Waals surface area contributed by atoms with Crippen molar-refractivity contribution in [2.75, 3.05) is 43.6 Å². The van der Waals surface area contributed by atoms with Crippen molar-refractivity contribution < 1.29 is 9.59 Å². The highest BCUT2D eigenvalue weighted by Crippen LogP contribution is 2.22. The van der Waals surface area contributed by atoms with Crippen molar-refractivity contribution in [3.63, 3.8) is 0 Å². The molecule has 2 aromatic rings. The van der Waals surface area contributed by atoms with Gasteiger partial charge in [-0.1, -0.05) is 45.9 Å². The zero-order chi connectivity index (χ0) is 24.2. The Morgan fingerprint density at radius 1 is 1.03 bits per heavy atom. The summed E-state index contributed by atoms with van der Waals surface area (Å²) in [7, 11) is 8.79. The molecule has 180 valence electrons. The zero-order valence-electron chi connectivity index (χ0n) is 19.6. The van der Waals surface area contributed by atoms with Gasteiger partial charge in [-0.25, -0.2) is 0 Å². The average Bonchev–Trinajstić information content (AvgIpc) is 3.24. The highest BCUT2D eigenvalue weighted by molar-refractivity contribution is 8.76. The predicted octanol–water partition coefficient (Wildman–Crippen LogP) is 2.72. The summed E-state index contributed by atoms with van der Waals surface area (Å²) in [6.45, 7) is 1.48. The van der Waals surface area contributed by atoms with Gasteiger partial charge in [-0.3, -0.25) is 4.79 Å². The molecule has 9 heteroatoms. The molecule has 0 radical (unpaired) electrons. The van der Waals surface area contributed by atoms with E-state index in [-0.39, 0.29) is 5.91 Å². The van der Waals surface area contributed by atoms with Crippen LogP contribution in [0.2, 0.25) is 0 Å². The number of aldehydes is 1. The normalized spacial score (nSPS) is 13.1. The van der Waals surface area contributed by atoms with Crippen LogP contribution in [0.25, 0.3) is 12.2 Å². The molecule has 0 spiro atoms. The van der Waals surface area contributed by atoms with Gasteiger partial charge in [0.15, 0.2) is 0 Å². The van der Waals surface area contributed by atoms with E-state index in [1.165, 1.54) is 27.2 Å². The number of nitrogens with two attached hydrogens (primary N) is 2. The molecule has 0 aliphatic carbocycles. The van der Waals surface area contributed by atoms with Gasteiger partial charge in [-0.2, -0.15) is 0 Å². The van der Waals surface area contributed by atoms with Gasteiger partial charge in [0.1, 0.15) is 6.29 Å². The largest absolute Gasteiger partial charge is 0.375 e. The second-order valence-corrected chi connectivity index (χ2v) is 10.6. The van der Waals surface area contributed by atoms with Crippen molar-refractivity contribution >= 4 is 51.6 Å². The first-order valence-electron chi connectivity index (χ1n) is 10.9. The summed E-state index contributed by atoms with van der Waals surface area (Å²) in [6.07, 6.45) is 9.89. The molecule has 1 amide bonds. The lowest BCUT2D eigenvalue weighted by Crippen LogP contribution is -2.44. The van der Waals surface area contributed by atoms with Crippen LogP contribution in [0.3, 0.4) is 0 Å². The van der Waals surface area contributed by atoms with Crippen LogP contribution in [-0.2, 0) is 16.6 Å². The second kappa shape index (κ2) is 14.1. The quantitative estimate of drug-likeness (QED) is 0.239. The van der Waals surface area contributed by atoms with Gasteiger partial charge >= 0.3 is 0 Å². The number of carbonyl (C=O) groups excluding carboxylic acids is 2. The Morgan fingerprint density at radius 2 is 1.70 bits per heavy atom. The molecule has 0 saturated carbocycles. The third-order valence-electron chi connectivity index (χ3n) is 5.10. The van der Waals surface area contributed by atoms with Crippen LogP contribution in [0.4, 0.5) is 5.69 Å². The maximum Gasteiger partial charge on any atom is 0.240 e. The molecule has 7 nitrogen and oxygen atoms in total. The second-order valence-electron chi connectivity index (χ2n) is 8.05. The van der Waals surface area contributed by atoms with E-state index in [0.717, 1.165) is 30.5 Å². The van der Waals surface area contributed by atoms with Gasteiger partial charge in [0.25, 0.3) is 0 Å². The first-order chi connectivity index (χ1) is 15.8. The summed E-state index contributed by atoms with van der Waals surface area (Å²) < 4.78 is 2.03. The van der Waals surface area contributed by atoms with Crippen molar-refractivity contribution in [1.82, 2.24) is 9.47 Å². The number of rotatable bonds is 14. The van der Waals surface area contributed by atoms with Gasteiger partial charge in [-0.15, -0.1) is 0 Å². The first kappa shape index (κ1) is 27.0. The number of anilines is 1. The van der Waals surface area contributed by atoms with Crippen molar-refractivity contribution in [2.45, 2.75) is 18.5 Å². The maximum atomic E-state index is 12.5. The number of nitrogens with zero attached hydrogens (tertiary/aromatic N) is 3. The van der Waals surface area contributed by atoms with Gasteiger partial charge in [0, 0.05) is 63.8 Å². The van der Waals surface area contributed by atoms with Crippen molar-refractivity contribution in [2.24, 2.45) is 18.5 Å². The van der Waals surface area contributed by atoms with E-state index >= 15 is 0 Å². The molecule has 0 aliphatic rings. The van der Waals surface area contributed by atoms with E-state index in [1.54, 1.807) is 11.9 Å². The number of aromatic nitrogens is 1. The van der Waals surface area contributed by atoms with Crippen molar-refractivity contribution in [3.8, 4) is 0 Å². The lowest BCUT2D eigenvalue weighted by molar-refractivity contribution is -0.130. The molecule has 4 N–H and O–H groups in total. The Kier molecular flexibility index (Phi) is 11.6. The minimum absolute atomic E-state index is 0.0694. The molecule has 2 atom stereocenters. The Hall–Kier alpha value is -2.20. The molecule has 33 heavy (non-hydrogen) atoms. The molecule has 0 fully saturated rings. The molecule has 0 aliphatic heterocycles. The summed E-state index contributed by atoms with van der Waals surface area (Å²) in [5.41, 5.74) is 15.0. The standard InChI is InChI=1S/C24H35N5O2S2/c1-27-14-11-20(15-27)6-5-19-7-9-22(10-8-19)28(2)12-4-13-29(3)24(31)23(26)18-33-32-17-21(25)16-30/h5-11,14-16,21,23H,4,12-13,17-18,25-26H2,1-3H3/b6-5+. The van der Waals surface area contributed by atoms with Crippen LogP contribution in [0, 0.1) is 0 Å². The number of likely N-dealkylation sites (N-methyl/N-ethyl adjacent to an activating group) is 1. The summed E-state index contributed by atoms with van der Waals surface area (Å²) in [5, 5.41) is 0. The van der Waals surface area contributed by atoms with Crippen LogP contribution in [0.1, 0.15) is 17.5 Å².